The zero-order valence-corrected chi connectivity index (χ0v) is 16.3. The Morgan fingerprint density at radius 1 is 1.04 bits per heavy atom. The van der Waals surface area contributed by atoms with Crippen LogP contribution in [-0.2, 0) is 10.9 Å². The topological polar surface area (TPSA) is 38.5 Å². The first-order valence-corrected chi connectivity index (χ1v) is 9.75. The van der Waals surface area contributed by atoms with E-state index in [2.05, 4.69) is 20.8 Å². The maximum Gasteiger partial charge on any atom is 0.416 e. The van der Waals surface area contributed by atoms with Crippen molar-refractivity contribution in [2.45, 2.75) is 22.4 Å². The van der Waals surface area contributed by atoms with Gasteiger partial charge in [0.2, 0.25) is 0 Å². The summed E-state index contributed by atoms with van der Waals surface area (Å²) in [4.78, 5) is 3.59. The number of hydrogen-bond donors (Lipinski definition) is 1. The Morgan fingerprint density at radius 3 is 2.42 bits per heavy atom. The average molecular weight is 447 g/mol. The molecule has 2 aromatic rings. The van der Waals surface area contributed by atoms with Gasteiger partial charge in [-0.3, -0.25) is 0 Å². The van der Waals surface area contributed by atoms with Crippen molar-refractivity contribution >= 4 is 39.1 Å². The van der Waals surface area contributed by atoms with Crippen molar-refractivity contribution in [1.82, 2.24) is 0 Å². The van der Waals surface area contributed by atoms with E-state index >= 15 is 0 Å². The van der Waals surface area contributed by atoms with Gasteiger partial charge in [-0.1, -0.05) is 27.7 Å². The van der Waals surface area contributed by atoms with Crippen molar-refractivity contribution in [1.29, 1.82) is 0 Å². The first-order valence-electron chi connectivity index (χ1n) is 8.14. The molecule has 2 aromatic carbocycles. The molecule has 0 atom stereocenters. The van der Waals surface area contributed by atoms with Crippen LogP contribution in [0.4, 0.5) is 24.5 Å². The fourth-order valence-corrected chi connectivity index (χ4v) is 4.47. The highest BCUT2D eigenvalue weighted by Crippen LogP contribution is 2.50. The Bertz CT molecular complexity index is 786. The number of hydrogen-bond acceptors (Lipinski definition) is 4. The lowest BCUT2D eigenvalue weighted by Crippen LogP contribution is -2.23. The molecule has 1 heterocycles. The van der Waals surface area contributed by atoms with E-state index in [-0.39, 0.29) is 0 Å². The average Bonchev–Trinajstić information content (AvgIpc) is 2.59. The second kappa shape index (κ2) is 8.21. The number of halogens is 4. The van der Waals surface area contributed by atoms with Crippen molar-refractivity contribution in [2.24, 2.45) is 5.73 Å². The molecule has 26 heavy (non-hydrogen) atoms. The van der Waals surface area contributed by atoms with Gasteiger partial charge in [-0.2, -0.15) is 13.2 Å². The van der Waals surface area contributed by atoms with E-state index in [1.165, 1.54) is 17.8 Å². The third kappa shape index (κ3) is 4.36. The van der Waals surface area contributed by atoms with Crippen molar-refractivity contribution in [3.8, 4) is 0 Å². The Labute approximate surface area is 162 Å². The highest BCUT2D eigenvalue weighted by molar-refractivity contribution is 9.10. The van der Waals surface area contributed by atoms with Crippen LogP contribution in [0.15, 0.2) is 50.7 Å². The van der Waals surface area contributed by atoms with Crippen molar-refractivity contribution in [3.63, 3.8) is 0 Å². The molecule has 0 radical (unpaired) electrons. The zero-order chi connectivity index (χ0) is 18.7. The van der Waals surface area contributed by atoms with Crippen LogP contribution in [0.1, 0.15) is 12.0 Å². The van der Waals surface area contributed by atoms with Crippen molar-refractivity contribution in [3.05, 3.63) is 46.4 Å². The summed E-state index contributed by atoms with van der Waals surface area (Å²) in [5, 5.41) is 0. The van der Waals surface area contributed by atoms with Crippen LogP contribution in [0.2, 0.25) is 0 Å². The molecule has 3 nitrogen and oxygen atoms in total. The van der Waals surface area contributed by atoms with Crippen LogP contribution in [0.25, 0.3) is 0 Å². The van der Waals surface area contributed by atoms with Crippen molar-refractivity contribution < 1.29 is 17.9 Å². The zero-order valence-electron chi connectivity index (χ0n) is 13.9. The van der Waals surface area contributed by atoms with E-state index in [0.717, 1.165) is 33.2 Å². The number of ether oxygens (including phenoxy) is 1. The number of nitrogens with two attached hydrogens (primary N) is 1. The summed E-state index contributed by atoms with van der Waals surface area (Å²) < 4.78 is 45.6. The van der Waals surface area contributed by atoms with Crippen LogP contribution >= 0.6 is 27.7 Å². The number of nitrogens with zero attached hydrogens (tertiary/aromatic N) is 1. The van der Waals surface area contributed by atoms with Crippen LogP contribution in [0.3, 0.4) is 0 Å². The Kier molecular flexibility index (Phi) is 6.17. The summed E-state index contributed by atoms with van der Waals surface area (Å²) in [7, 11) is 0. The van der Waals surface area contributed by atoms with E-state index in [1.54, 1.807) is 6.07 Å². The molecule has 1 aliphatic rings. The van der Waals surface area contributed by atoms with E-state index in [0.29, 0.717) is 31.2 Å². The quantitative estimate of drug-likeness (QED) is 0.599. The van der Waals surface area contributed by atoms with Crippen molar-refractivity contribution in [2.75, 3.05) is 31.2 Å². The Morgan fingerprint density at radius 2 is 1.73 bits per heavy atom. The minimum absolute atomic E-state index is 0.472. The maximum atomic E-state index is 13.1. The molecule has 1 aliphatic heterocycles. The Balaban J connectivity index is 1.90. The SMILES string of the molecule is NCCOCCCN1c2ccc(Br)cc2Sc2cc(C(F)(F)F)ccc21. The van der Waals surface area contributed by atoms with Gasteiger partial charge in [-0.05, 0) is 42.8 Å². The van der Waals surface area contributed by atoms with Crippen LogP contribution in [0, 0.1) is 0 Å². The molecule has 0 unspecified atom stereocenters. The van der Waals surface area contributed by atoms with Crippen LogP contribution < -0.4 is 10.6 Å². The van der Waals surface area contributed by atoms with Gasteiger partial charge in [0.1, 0.15) is 0 Å². The predicted molar refractivity (Wildman–Crippen MR) is 101 cm³/mol. The standard InChI is InChI=1S/C18H18BrF3N2OS/c19-13-3-5-15-17(11-13)26-16-10-12(18(20,21)22)2-4-14(16)24(15)7-1-8-25-9-6-23/h2-5,10-11H,1,6-9,23H2. The fraction of sp³-hybridized carbons (Fsp3) is 0.333. The van der Waals surface area contributed by atoms with E-state index in [9.17, 15) is 13.2 Å². The smallest absolute Gasteiger partial charge is 0.380 e. The monoisotopic (exact) mass is 446 g/mol. The summed E-state index contributed by atoms with van der Waals surface area (Å²) in [6.45, 7) is 2.19. The molecule has 0 amide bonds. The molecule has 0 spiro atoms. The molecule has 0 aliphatic carbocycles. The van der Waals surface area contributed by atoms with Gasteiger partial charge in [0.15, 0.2) is 0 Å². The Hall–Kier alpha value is -1.22. The van der Waals surface area contributed by atoms with E-state index < -0.39 is 11.7 Å². The number of rotatable bonds is 6. The highest BCUT2D eigenvalue weighted by Gasteiger charge is 2.33. The molecule has 0 aromatic heterocycles. The first-order chi connectivity index (χ1) is 12.4. The largest absolute Gasteiger partial charge is 0.416 e. The number of fused-ring (bicyclic) bond motifs is 2. The predicted octanol–water partition coefficient (Wildman–Crippen LogP) is 5.44. The third-order valence-electron chi connectivity index (χ3n) is 3.94. The van der Waals surface area contributed by atoms with Gasteiger partial charge in [-0.15, -0.1) is 0 Å². The number of benzene rings is 2. The van der Waals surface area contributed by atoms with E-state index in [4.69, 9.17) is 10.5 Å². The molecule has 140 valence electrons. The molecule has 0 saturated heterocycles. The van der Waals surface area contributed by atoms with E-state index in [1.807, 2.05) is 18.2 Å². The lowest BCUT2D eigenvalue weighted by Gasteiger charge is -2.33. The molecular weight excluding hydrogens is 429 g/mol. The minimum Gasteiger partial charge on any atom is -0.380 e. The van der Waals surface area contributed by atoms with Gasteiger partial charge in [0.25, 0.3) is 0 Å². The summed E-state index contributed by atoms with van der Waals surface area (Å²) in [5.41, 5.74) is 6.56. The summed E-state index contributed by atoms with van der Waals surface area (Å²) >= 11 is 4.79. The summed E-state index contributed by atoms with van der Waals surface area (Å²) in [6, 6.07) is 9.76. The van der Waals surface area contributed by atoms with Gasteiger partial charge < -0.3 is 15.4 Å². The van der Waals surface area contributed by atoms with Gasteiger partial charge in [0, 0.05) is 34.0 Å². The second-order valence-electron chi connectivity index (χ2n) is 5.80. The minimum atomic E-state index is -4.35. The van der Waals surface area contributed by atoms with Crippen LogP contribution in [-0.4, -0.2) is 26.3 Å². The van der Waals surface area contributed by atoms with Gasteiger partial charge >= 0.3 is 6.18 Å². The summed E-state index contributed by atoms with van der Waals surface area (Å²) in [6.07, 6.45) is -3.60. The number of alkyl halides is 3. The molecule has 2 N–H and O–H groups in total. The van der Waals surface area contributed by atoms with Gasteiger partial charge in [-0.25, -0.2) is 0 Å². The maximum absolute atomic E-state index is 13.1. The molecule has 0 fully saturated rings. The first kappa shape index (κ1) is 19.5. The van der Waals surface area contributed by atoms with Crippen LogP contribution in [0.5, 0.6) is 0 Å². The lowest BCUT2D eigenvalue weighted by atomic mass is 10.1. The molecule has 3 rings (SSSR count). The number of anilines is 2. The summed E-state index contributed by atoms with van der Waals surface area (Å²) in [5.74, 6) is 0. The molecular formula is C18H18BrF3N2OS. The molecule has 0 bridgehead atoms. The molecule has 0 saturated carbocycles. The normalized spacial score (nSPS) is 13.5. The molecule has 8 heteroatoms. The third-order valence-corrected chi connectivity index (χ3v) is 5.53. The fourth-order valence-electron chi connectivity index (χ4n) is 2.79. The lowest BCUT2D eigenvalue weighted by molar-refractivity contribution is -0.137. The second-order valence-corrected chi connectivity index (χ2v) is 7.80. The highest BCUT2D eigenvalue weighted by atomic mass is 79.9. The van der Waals surface area contributed by atoms with Gasteiger partial charge in [0.05, 0.1) is 23.5 Å².